The van der Waals surface area contributed by atoms with Gasteiger partial charge in [0.05, 0.1) is 11.2 Å². The van der Waals surface area contributed by atoms with Crippen molar-refractivity contribution < 1.29 is 4.74 Å². The lowest BCUT2D eigenvalue weighted by Gasteiger charge is -2.47. The molecule has 0 spiro atoms. The Labute approximate surface area is 148 Å². The van der Waals surface area contributed by atoms with E-state index >= 15 is 0 Å². The zero-order valence-corrected chi connectivity index (χ0v) is 18.0. The molecule has 0 saturated heterocycles. The van der Waals surface area contributed by atoms with Crippen molar-refractivity contribution in [2.45, 2.75) is 119 Å². The second kappa shape index (κ2) is 10.1. The van der Waals surface area contributed by atoms with Gasteiger partial charge in [0.1, 0.15) is 0 Å². The molecule has 0 bridgehead atoms. The lowest BCUT2D eigenvalue weighted by Crippen LogP contribution is -2.49. The minimum Gasteiger partial charge on any atom is -0.369 e. The summed E-state index contributed by atoms with van der Waals surface area (Å²) >= 11 is 0. The SMILES string of the molecule is CCCC(C)(OC(C)(CCC)C(C)CC(C)C)C(C)CC(C)C. The highest BCUT2D eigenvalue weighted by atomic mass is 16.5. The molecule has 0 amide bonds. The van der Waals surface area contributed by atoms with Crippen LogP contribution in [0.4, 0.5) is 0 Å². The summed E-state index contributed by atoms with van der Waals surface area (Å²) in [4.78, 5) is 0. The maximum Gasteiger partial charge on any atom is 0.0687 e. The monoisotopic (exact) mass is 326 g/mol. The molecule has 0 aliphatic rings. The first-order valence-corrected chi connectivity index (χ1v) is 10.2. The maximum atomic E-state index is 7.03. The molecule has 140 valence electrons. The Hall–Kier alpha value is -0.0400. The predicted octanol–water partition coefficient (Wildman–Crippen LogP) is 7.49. The van der Waals surface area contributed by atoms with Crippen molar-refractivity contribution in [2.75, 3.05) is 0 Å². The van der Waals surface area contributed by atoms with Gasteiger partial charge in [0, 0.05) is 0 Å². The summed E-state index contributed by atoms with van der Waals surface area (Å²) in [7, 11) is 0. The van der Waals surface area contributed by atoms with Crippen molar-refractivity contribution in [3.8, 4) is 0 Å². The van der Waals surface area contributed by atoms with Crippen LogP contribution in [0, 0.1) is 23.7 Å². The Morgan fingerprint density at radius 3 is 1.17 bits per heavy atom. The molecule has 0 fully saturated rings. The highest BCUT2D eigenvalue weighted by molar-refractivity contribution is 4.90. The first-order valence-electron chi connectivity index (χ1n) is 10.2. The minimum atomic E-state index is -0.00577. The van der Waals surface area contributed by atoms with Gasteiger partial charge >= 0.3 is 0 Å². The fraction of sp³-hybridized carbons (Fsp3) is 1.00. The van der Waals surface area contributed by atoms with Crippen molar-refractivity contribution >= 4 is 0 Å². The third kappa shape index (κ3) is 7.59. The Kier molecular flexibility index (Phi) is 10.0. The molecular weight excluding hydrogens is 280 g/mol. The average molecular weight is 327 g/mol. The van der Waals surface area contributed by atoms with Crippen LogP contribution in [0.15, 0.2) is 0 Å². The van der Waals surface area contributed by atoms with Gasteiger partial charge in [-0.3, -0.25) is 0 Å². The fourth-order valence-electron chi connectivity index (χ4n) is 4.23. The second-order valence-electron chi connectivity index (χ2n) is 9.29. The Morgan fingerprint density at radius 2 is 0.957 bits per heavy atom. The van der Waals surface area contributed by atoms with Gasteiger partial charge < -0.3 is 4.74 Å². The Bertz CT molecular complexity index is 279. The summed E-state index contributed by atoms with van der Waals surface area (Å²) < 4.78 is 7.03. The summed E-state index contributed by atoms with van der Waals surface area (Å²) in [6, 6.07) is 0. The molecule has 0 aliphatic heterocycles. The molecule has 0 heterocycles. The van der Waals surface area contributed by atoms with E-state index in [1.807, 2.05) is 0 Å². The topological polar surface area (TPSA) is 9.23 Å². The van der Waals surface area contributed by atoms with Crippen molar-refractivity contribution in [3.63, 3.8) is 0 Å². The van der Waals surface area contributed by atoms with Gasteiger partial charge in [0.2, 0.25) is 0 Å². The summed E-state index contributed by atoms with van der Waals surface area (Å²) in [5.74, 6) is 2.67. The number of hydrogen-bond donors (Lipinski definition) is 0. The van der Waals surface area contributed by atoms with Gasteiger partial charge in [-0.25, -0.2) is 0 Å². The van der Waals surface area contributed by atoms with E-state index in [-0.39, 0.29) is 11.2 Å². The van der Waals surface area contributed by atoms with Crippen molar-refractivity contribution in [1.82, 2.24) is 0 Å². The summed E-state index contributed by atoms with van der Waals surface area (Å²) in [6.45, 7) is 23.4. The van der Waals surface area contributed by atoms with Crippen molar-refractivity contribution in [3.05, 3.63) is 0 Å². The maximum absolute atomic E-state index is 7.03. The smallest absolute Gasteiger partial charge is 0.0687 e. The number of hydrogen-bond acceptors (Lipinski definition) is 1. The zero-order chi connectivity index (χ0) is 18.3. The van der Waals surface area contributed by atoms with E-state index in [1.165, 1.54) is 25.7 Å². The lowest BCUT2D eigenvalue weighted by molar-refractivity contribution is -0.195. The molecule has 0 aromatic carbocycles. The molecule has 1 nitrogen and oxygen atoms in total. The molecule has 0 aromatic rings. The van der Waals surface area contributed by atoms with Crippen molar-refractivity contribution in [1.29, 1.82) is 0 Å². The Balaban J connectivity index is 5.35. The van der Waals surface area contributed by atoms with Crippen LogP contribution in [0.25, 0.3) is 0 Å². The summed E-state index contributed by atoms with van der Waals surface area (Å²) in [5, 5.41) is 0. The van der Waals surface area contributed by atoms with Gasteiger partial charge in [-0.2, -0.15) is 0 Å². The predicted molar refractivity (Wildman–Crippen MR) is 105 cm³/mol. The normalized spacial score (nSPS) is 20.3. The lowest BCUT2D eigenvalue weighted by atomic mass is 9.77. The first kappa shape index (κ1) is 23.0. The van der Waals surface area contributed by atoms with Gasteiger partial charge in [0.15, 0.2) is 0 Å². The molecule has 1 heteroatoms. The Morgan fingerprint density at radius 1 is 0.652 bits per heavy atom. The summed E-state index contributed by atoms with van der Waals surface area (Å²) in [6.07, 6.45) is 7.21. The van der Waals surface area contributed by atoms with E-state index in [4.69, 9.17) is 4.74 Å². The molecule has 0 aromatic heterocycles. The molecular formula is C22H46O. The molecule has 0 rings (SSSR count). The van der Waals surface area contributed by atoms with Crippen LogP contribution in [0.1, 0.15) is 108 Å². The van der Waals surface area contributed by atoms with Crippen molar-refractivity contribution in [2.24, 2.45) is 23.7 Å². The summed E-state index contributed by atoms with van der Waals surface area (Å²) in [5.41, 5.74) is -0.0115. The standard InChI is InChI=1S/C22H46O/c1-11-13-21(9,19(7)15-17(3)4)23-22(10,14-12-2)20(8)16-18(5)6/h17-20H,11-16H2,1-10H3. The van der Waals surface area contributed by atoms with Crippen LogP contribution < -0.4 is 0 Å². The molecule has 23 heavy (non-hydrogen) atoms. The minimum absolute atomic E-state index is 0.00577. The second-order valence-corrected chi connectivity index (χ2v) is 9.29. The third-order valence-corrected chi connectivity index (χ3v) is 5.69. The fourth-order valence-corrected chi connectivity index (χ4v) is 4.23. The van der Waals surface area contributed by atoms with E-state index in [0.29, 0.717) is 11.8 Å². The van der Waals surface area contributed by atoms with Crippen LogP contribution in [0.5, 0.6) is 0 Å². The molecule has 4 atom stereocenters. The molecule has 4 unspecified atom stereocenters. The number of rotatable bonds is 12. The van der Waals surface area contributed by atoms with E-state index in [9.17, 15) is 0 Å². The van der Waals surface area contributed by atoms with E-state index < -0.39 is 0 Å². The van der Waals surface area contributed by atoms with Crippen LogP contribution in [-0.2, 0) is 4.74 Å². The molecule has 0 aliphatic carbocycles. The molecule has 0 saturated carbocycles. The first-order chi connectivity index (χ1) is 10.5. The largest absolute Gasteiger partial charge is 0.369 e. The van der Waals surface area contributed by atoms with Gasteiger partial charge in [-0.1, -0.05) is 68.2 Å². The van der Waals surface area contributed by atoms with E-state index in [1.54, 1.807) is 0 Å². The van der Waals surface area contributed by atoms with Crippen LogP contribution >= 0.6 is 0 Å². The van der Waals surface area contributed by atoms with Gasteiger partial charge in [-0.15, -0.1) is 0 Å². The molecule has 0 radical (unpaired) electrons. The molecule has 0 N–H and O–H groups in total. The van der Waals surface area contributed by atoms with Crippen LogP contribution in [-0.4, -0.2) is 11.2 Å². The highest BCUT2D eigenvalue weighted by Gasteiger charge is 2.41. The van der Waals surface area contributed by atoms with E-state index in [2.05, 4.69) is 69.2 Å². The van der Waals surface area contributed by atoms with E-state index in [0.717, 1.165) is 24.7 Å². The third-order valence-electron chi connectivity index (χ3n) is 5.69. The quantitative estimate of drug-likeness (QED) is 0.361. The van der Waals surface area contributed by atoms with Crippen LogP contribution in [0.3, 0.4) is 0 Å². The highest BCUT2D eigenvalue weighted by Crippen LogP contribution is 2.41. The zero-order valence-electron chi connectivity index (χ0n) is 18.0. The average Bonchev–Trinajstić information content (AvgIpc) is 2.37. The number of ether oxygens (including phenoxy) is 1. The van der Waals surface area contributed by atoms with Gasteiger partial charge in [-0.05, 0) is 63.2 Å². The van der Waals surface area contributed by atoms with Gasteiger partial charge in [0.25, 0.3) is 0 Å². The van der Waals surface area contributed by atoms with Crippen LogP contribution in [0.2, 0.25) is 0 Å².